The molecule has 0 spiro atoms. The van der Waals surface area contributed by atoms with E-state index in [0.29, 0.717) is 17.3 Å². The smallest absolute Gasteiger partial charge is 0.225 e. The Morgan fingerprint density at radius 1 is 1.10 bits per heavy atom. The summed E-state index contributed by atoms with van der Waals surface area (Å²) in [5.74, 6) is 0.243. The quantitative estimate of drug-likeness (QED) is 0.823. The Hall–Kier alpha value is -1.51. The molecule has 0 radical (unpaired) electrons. The molecule has 21 heavy (non-hydrogen) atoms. The molecule has 0 heterocycles. The molecule has 0 aliphatic heterocycles. The van der Waals surface area contributed by atoms with Crippen LogP contribution in [-0.2, 0) is 16.8 Å². The molecule has 0 fully saturated rings. The Kier molecular flexibility index (Phi) is 5.27. The van der Waals surface area contributed by atoms with Crippen LogP contribution in [0.4, 0.5) is 0 Å². The molecular formula is C17H17Cl2NO. The molecule has 1 atom stereocenters. The minimum atomic E-state index is -0.577. The maximum absolute atomic E-state index is 12.2. The Balaban J connectivity index is 2.08. The molecule has 0 aliphatic rings. The van der Waals surface area contributed by atoms with Gasteiger partial charge in [0.05, 0.1) is 12.0 Å². The van der Waals surface area contributed by atoms with Gasteiger partial charge in [-0.25, -0.2) is 0 Å². The SMILES string of the molecule is CC(CCl)(NC(=O)Cc1ccc(Cl)cc1)c1ccccc1. The van der Waals surface area contributed by atoms with Gasteiger partial charge in [-0.15, -0.1) is 11.6 Å². The average Bonchev–Trinajstić information content (AvgIpc) is 2.50. The molecule has 0 aromatic heterocycles. The number of hydrogen-bond acceptors (Lipinski definition) is 1. The molecule has 2 aromatic carbocycles. The second-order valence-electron chi connectivity index (χ2n) is 5.18. The van der Waals surface area contributed by atoms with Gasteiger partial charge >= 0.3 is 0 Å². The third-order valence-corrected chi connectivity index (χ3v) is 4.16. The molecule has 0 saturated carbocycles. The maximum atomic E-state index is 12.2. The van der Waals surface area contributed by atoms with Crippen molar-refractivity contribution in [3.8, 4) is 0 Å². The van der Waals surface area contributed by atoms with Crippen LogP contribution in [0, 0.1) is 0 Å². The van der Waals surface area contributed by atoms with Gasteiger partial charge in [-0.2, -0.15) is 0 Å². The molecule has 2 rings (SSSR count). The van der Waals surface area contributed by atoms with Crippen LogP contribution in [0.2, 0.25) is 5.02 Å². The molecule has 1 amide bonds. The zero-order chi connectivity index (χ0) is 15.3. The van der Waals surface area contributed by atoms with Gasteiger partial charge in [0.15, 0.2) is 0 Å². The fourth-order valence-electron chi connectivity index (χ4n) is 2.13. The number of alkyl halides is 1. The largest absolute Gasteiger partial charge is 0.345 e. The molecule has 1 unspecified atom stereocenters. The number of carbonyl (C=O) groups excluding carboxylic acids is 1. The predicted octanol–water partition coefficient (Wildman–Crippen LogP) is 4.15. The highest BCUT2D eigenvalue weighted by Crippen LogP contribution is 2.22. The summed E-state index contributed by atoms with van der Waals surface area (Å²) < 4.78 is 0. The van der Waals surface area contributed by atoms with E-state index in [1.807, 2.05) is 49.4 Å². The number of benzene rings is 2. The Morgan fingerprint density at radius 2 is 1.71 bits per heavy atom. The van der Waals surface area contributed by atoms with Crippen molar-refractivity contribution >= 4 is 29.1 Å². The standard InChI is InChI=1S/C17H17Cl2NO/c1-17(12-18,14-5-3-2-4-6-14)20-16(21)11-13-7-9-15(19)10-8-13/h2-10H,11-12H2,1H3,(H,20,21). The van der Waals surface area contributed by atoms with Gasteiger partial charge in [-0.1, -0.05) is 54.1 Å². The van der Waals surface area contributed by atoms with Crippen molar-refractivity contribution in [1.82, 2.24) is 5.32 Å². The normalized spacial score (nSPS) is 13.5. The topological polar surface area (TPSA) is 29.1 Å². The maximum Gasteiger partial charge on any atom is 0.225 e. The van der Waals surface area contributed by atoms with E-state index in [9.17, 15) is 4.79 Å². The molecule has 2 aromatic rings. The van der Waals surface area contributed by atoms with Crippen LogP contribution in [0.15, 0.2) is 54.6 Å². The number of rotatable bonds is 5. The fourth-order valence-corrected chi connectivity index (χ4v) is 2.48. The Morgan fingerprint density at radius 3 is 2.29 bits per heavy atom. The molecular weight excluding hydrogens is 305 g/mol. The Bertz CT molecular complexity index is 598. The van der Waals surface area contributed by atoms with Gasteiger partial charge in [0, 0.05) is 10.9 Å². The van der Waals surface area contributed by atoms with Crippen molar-refractivity contribution < 1.29 is 4.79 Å². The number of nitrogens with one attached hydrogen (secondary N) is 1. The van der Waals surface area contributed by atoms with Crippen molar-refractivity contribution in [3.05, 3.63) is 70.7 Å². The van der Waals surface area contributed by atoms with E-state index in [1.54, 1.807) is 12.1 Å². The molecule has 0 saturated heterocycles. The second-order valence-corrected chi connectivity index (χ2v) is 5.89. The summed E-state index contributed by atoms with van der Waals surface area (Å²) in [6.07, 6.45) is 0.302. The van der Waals surface area contributed by atoms with Gasteiger partial charge in [-0.3, -0.25) is 4.79 Å². The summed E-state index contributed by atoms with van der Waals surface area (Å²) in [7, 11) is 0. The van der Waals surface area contributed by atoms with E-state index in [4.69, 9.17) is 23.2 Å². The third-order valence-electron chi connectivity index (χ3n) is 3.37. The summed E-state index contributed by atoms with van der Waals surface area (Å²) in [5, 5.41) is 3.68. The number of halogens is 2. The lowest BCUT2D eigenvalue weighted by Gasteiger charge is -2.29. The Labute approximate surface area is 135 Å². The van der Waals surface area contributed by atoms with Crippen molar-refractivity contribution in [2.24, 2.45) is 0 Å². The van der Waals surface area contributed by atoms with Crippen LogP contribution in [0.3, 0.4) is 0 Å². The average molecular weight is 322 g/mol. The summed E-state index contributed by atoms with van der Waals surface area (Å²) in [5.41, 5.74) is 1.33. The van der Waals surface area contributed by atoms with Crippen molar-refractivity contribution in [1.29, 1.82) is 0 Å². The minimum absolute atomic E-state index is 0.0654. The molecule has 0 bridgehead atoms. The summed E-state index contributed by atoms with van der Waals surface area (Å²) in [6.45, 7) is 1.93. The van der Waals surface area contributed by atoms with E-state index >= 15 is 0 Å². The lowest BCUT2D eigenvalue weighted by atomic mass is 9.93. The van der Waals surface area contributed by atoms with E-state index in [-0.39, 0.29) is 5.91 Å². The van der Waals surface area contributed by atoms with Crippen LogP contribution in [0.5, 0.6) is 0 Å². The van der Waals surface area contributed by atoms with E-state index in [0.717, 1.165) is 11.1 Å². The van der Waals surface area contributed by atoms with Crippen LogP contribution < -0.4 is 5.32 Å². The zero-order valence-corrected chi connectivity index (χ0v) is 13.3. The monoisotopic (exact) mass is 321 g/mol. The van der Waals surface area contributed by atoms with Crippen LogP contribution >= 0.6 is 23.2 Å². The lowest BCUT2D eigenvalue weighted by molar-refractivity contribution is -0.122. The lowest BCUT2D eigenvalue weighted by Crippen LogP contribution is -2.45. The molecule has 1 N–H and O–H groups in total. The van der Waals surface area contributed by atoms with Gasteiger partial charge < -0.3 is 5.32 Å². The zero-order valence-electron chi connectivity index (χ0n) is 11.8. The first kappa shape index (κ1) is 15.9. The highest BCUT2D eigenvalue weighted by atomic mass is 35.5. The highest BCUT2D eigenvalue weighted by Gasteiger charge is 2.27. The van der Waals surface area contributed by atoms with Crippen molar-refractivity contribution in [2.75, 3.05) is 5.88 Å². The van der Waals surface area contributed by atoms with Gasteiger partial charge in [0.2, 0.25) is 5.91 Å². The summed E-state index contributed by atoms with van der Waals surface area (Å²) in [6, 6.07) is 17.0. The highest BCUT2D eigenvalue weighted by molar-refractivity contribution is 6.30. The number of carbonyl (C=O) groups is 1. The van der Waals surface area contributed by atoms with Crippen LogP contribution in [-0.4, -0.2) is 11.8 Å². The van der Waals surface area contributed by atoms with Gasteiger partial charge in [0.25, 0.3) is 0 Å². The van der Waals surface area contributed by atoms with Crippen molar-refractivity contribution in [3.63, 3.8) is 0 Å². The van der Waals surface area contributed by atoms with Crippen molar-refractivity contribution in [2.45, 2.75) is 18.9 Å². The van der Waals surface area contributed by atoms with Gasteiger partial charge in [-0.05, 0) is 30.2 Å². The minimum Gasteiger partial charge on any atom is -0.345 e. The van der Waals surface area contributed by atoms with E-state index in [1.165, 1.54) is 0 Å². The predicted molar refractivity (Wildman–Crippen MR) is 87.8 cm³/mol. The molecule has 0 aliphatic carbocycles. The third kappa shape index (κ3) is 4.23. The second kappa shape index (κ2) is 6.97. The number of hydrogen-bond donors (Lipinski definition) is 1. The molecule has 2 nitrogen and oxygen atoms in total. The van der Waals surface area contributed by atoms with E-state index in [2.05, 4.69) is 5.32 Å². The first-order valence-corrected chi connectivity index (χ1v) is 7.62. The van der Waals surface area contributed by atoms with Crippen LogP contribution in [0.1, 0.15) is 18.1 Å². The summed E-state index contributed by atoms with van der Waals surface area (Å²) >= 11 is 11.9. The molecule has 110 valence electrons. The fraction of sp³-hybridized carbons (Fsp3) is 0.235. The van der Waals surface area contributed by atoms with E-state index < -0.39 is 5.54 Å². The first-order valence-electron chi connectivity index (χ1n) is 6.70. The summed E-state index contributed by atoms with van der Waals surface area (Å²) in [4.78, 5) is 12.2. The van der Waals surface area contributed by atoms with Crippen LogP contribution in [0.25, 0.3) is 0 Å². The number of amides is 1. The first-order chi connectivity index (χ1) is 10.0. The molecule has 4 heteroatoms. The van der Waals surface area contributed by atoms with Gasteiger partial charge in [0.1, 0.15) is 0 Å².